The van der Waals surface area contributed by atoms with E-state index in [1.807, 2.05) is 7.05 Å². The van der Waals surface area contributed by atoms with Crippen LogP contribution in [0.1, 0.15) is 12.1 Å². The average Bonchev–Trinajstić information content (AvgIpc) is 2.72. The lowest BCUT2D eigenvalue weighted by molar-refractivity contribution is 0.347. The maximum Gasteiger partial charge on any atom is 0.244 e. The predicted molar refractivity (Wildman–Crippen MR) is 71.2 cm³/mol. The minimum absolute atomic E-state index is 0.290. The Morgan fingerprint density at radius 2 is 2.11 bits per heavy atom. The lowest BCUT2D eigenvalue weighted by Gasteiger charge is -2.19. The molecule has 2 heterocycles. The standard InChI is InChI=1S/C11H18ClN3O2S/c1-14-3-2-4-15(6-5-14)18(16,17)11-7-10(8-12)13-9-11/h7,9,13H,2-6,8H2,1H3. The van der Waals surface area contributed by atoms with Gasteiger partial charge in [0, 0.05) is 31.5 Å². The molecule has 0 spiro atoms. The van der Waals surface area contributed by atoms with Crippen LogP contribution in [0.3, 0.4) is 0 Å². The summed E-state index contributed by atoms with van der Waals surface area (Å²) in [6.45, 7) is 2.83. The SMILES string of the molecule is CN1CCCN(S(=O)(=O)c2c[nH]c(CCl)c2)CC1. The Hall–Kier alpha value is -0.560. The van der Waals surface area contributed by atoms with E-state index in [0.717, 1.165) is 25.2 Å². The van der Waals surface area contributed by atoms with Crippen LogP contribution in [0.15, 0.2) is 17.2 Å². The van der Waals surface area contributed by atoms with Crippen LogP contribution in [0.2, 0.25) is 0 Å². The van der Waals surface area contributed by atoms with Crippen molar-refractivity contribution in [2.24, 2.45) is 0 Å². The summed E-state index contributed by atoms with van der Waals surface area (Å²) in [5.74, 6) is 0.290. The highest BCUT2D eigenvalue weighted by Gasteiger charge is 2.26. The van der Waals surface area contributed by atoms with Gasteiger partial charge in [-0.1, -0.05) is 0 Å². The first kappa shape index (κ1) is 13.9. The Morgan fingerprint density at radius 3 is 2.78 bits per heavy atom. The Balaban J connectivity index is 2.19. The van der Waals surface area contributed by atoms with Crippen molar-refractivity contribution in [2.75, 3.05) is 33.2 Å². The molecule has 102 valence electrons. The molecule has 0 amide bonds. The van der Waals surface area contributed by atoms with Crippen molar-refractivity contribution in [2.45, 2.75) is 17.2 Å². The normalized spacial score (nSPS) is 19.9. The van der Waals surface area contributed by atoms with E-state index in [0.29, 0.717) is 18.0 Å². The number of rotatable bonds is 3. The Labute approximate surface area is 113 Å². The predicted octanol–water partition coefficient (Wildman–Crippen LogP) is 1.08. The topological polar surface area (TPSA) is 56.4 Å². The molecule has 2 rings (SSSR count). The second-order valence-corrected chi connectivity index (χ2v) is 6.76. The van der Waals surface area contributed by atoms with Crippen LogP contribution >= 0.6 is 11.6 Å². The average molecular weight is 292 g/mol. The van der Waals surface area contributed by atoms with Gasteiger partial charge in [-0.2, -0.15) is 4.31 Å². The van der Waals surface area contributed by atoms with E-state index in [2.05, 4.69) is 9.88 Å². The molecule has 1 saturated heterocycles. The highest BCUT2D eigenvalue weighted by atomic mass is 35.5. The summed E-state index contributed by atoms with van der Waals surface area (Å²) in [6.07, 6.45) is 2.38. The lowest BCUT2D eigenvalue weighted by Crippen LogP contribution is -2.34. The number of aromatic amines is 1. The number of hydrogen-bond acceptors (Lipinski definition) is 3. The molecule has 0 saturated carbocycles. The number of likely N-dealkylation sites (N-methyl/N-ethyl adjacent to an activating group) is 1. The molecule has 1 aromatic rings. The smallest absolute Gasteiger partial charge is 0.244 e. The van der Waals surface area contributed by atoms with Gasteiger partial charge in [0.25, 0.3) is 0 Å². The number of hydrogen-bond donors (Lipinski definition) is 1. The molecule has 0 bridgehead atoms. The minimum atomic E-state index is -3.38. The fraction of sp³-hybridized carbons (Fsp3) is 0.636. The molecule has 0 unspecified atom stereocenters. The summed E-state index contributed by atoms with van der Waals surface area (Å²) in [5.41, 5.74) is 0.724. The van der Waals surface area contributed by atoms with Crippen molar-refractivity contribution in [3.63, 3.8) is 0 Å². The minimum Gasteiger partial charge on any atom is -0.363 e. The molecule has 1 aliphatic rings. The summed E-state index contributed by atoms with van der Waals surface area (Å²) in [7, 11) is -1.37. The monoisotopic (exact) mass is 291 g/mol. The zero-order valence-electron chi connectivity index (χ0n) is 10.4. The van der Waals surface area contributed by atoms with Crippen molar-refractivity contribution in [3.05, 3.63) is 18.0 Å². The van der Waals surface area contributed by atoms with E-state index in [9.17, 15) is 8.42 Å². The van der Waals surface area contributed by atoms with Gasteiger partial charge in [0.1, 0.15) is 0 Å². The number of nitrogens with one attached hydrogen (secondary N) is 1. The molecule has 18 heavy (non-hydrogen) atoms. The molecule has 0 radical (unpaired) electrons. The van der Waals surface area contributed by atoms with Crippen LogP contribution < -0.4 is 0 Å². The molecular weight excluding hydrogens is 274 g/mol. The fourth-order valence-corrected chi connectivity index (χ4v) is 3.70. The highest BCUT2D eigenvalue weighted by molar-refractivity contribution is 7.89. The van der Waals surface area contributed by atoms with Crippen LogP contribution in [-0.2, 0) is 15.9 Å². The molecule has 0 aromatic carbocycles. The molecule has 7 heteroatoms. The van der Waals surface area contributed by atoms with E-state index in [-0.39, 0.29) is 5.88 Å². The van der Waals surface area contributed by atoms with Gasteiger partial charge in [0.15, 0.2) is 0 Å². The first-order chi connectivity index (χ1) is 8.54. The molecule has 1 fully saturated rings. The van der Waals surface area contributed by atoms with Crippen LogP contribution in [0.25, 0.3) is 0 Å². The first-order valence-corrected chi connectivity index (χ1v) is 7.93. The molecule has 1 N–H and O–H groups in total. The fourth-order valence-electron chi connectivity index (χ4n) is 2.06. The highest BCUT2D eigenvalue weighted by Crippen LogP contribution is 2.19. The Kier molecular flexibility index (Phi) is 4.32. The largest absolute Gasteiger partial charge is 0.363 e. The van der Waals surface area contributed by atoms with Gasteiger partial charge < -0.3 is 9.88 Å². The summed E-state index contributed by atoms with van der Waals surface area (Å²) >= 11 is 5.67. The zero-order chi connectivity index (χ0) is 13.2. The quantitative estimate of drug-likeness (QED) is 0.848. The molecule has 5 nitrogen and oxygen atoms in total. The van der Waals surface area contributed by atoms with Gasteiger partial charge in [-0.15, -0.1) is 11.6 Å². The van der Waals surface area contributed by atoms with Gasteiger partial charge in [0.2, 0.25) is 10.0 Å². The second kappa shape index (κ2) is 5.61. The molecule has 0 atom stereocenters. The van der Waals surface area contributed by atoms with Gasteiger partial charge in [0.05, 0.1) is 10.8 Å². The maximum absolute atomic E-state index is 12.4. The Bertz CT molecular complexity index is 500. The third-order valence-electron chi connectivity index (χ3n) is 3.18. The van der Waals surface area contributed by atoms with Crippen molar-refractivity contribution in [3.8, 4) is 0 Å². The number of sulfonamides is 1. The van der Waals surface area contributed by atoms with E-state index < -0.39 is 10.0 Å². The van der Waals surface area contributed by atoms with E-state index in [1.54, 1.807) is 10.4 Å². The van der Waals surface area contributed by atoms with Crippen molar-refractivity contribution < 1.29 is 8.42 Å². The summed E-state index contributed by atoms with van der Waals surface area (Å²) in [4.78, 5) is 5.33. The van der Waals surface area contributed by atoms with Crippen molar-refractivity contribution in [1.82, 2.24) is 14.2 Å². The zero-order valence-corrected chi connectivity index (χ0v) is 12.0. The Morgan fingerprint density at radius 1 is 1.33 bits per heavy atom. The lowest BCUT2D eigenvalue weighted by atomic mass is 10.4. The van der Waals surface area contributed by atoms with Gasteiger partial charge in [-0.25, -0.2) is 8.42 Å². The van der Waals surface area contributed by atoms with E-state index in [1.165, 1.54) is 6.20 Å². The van der Waals surface area contributed by atoms with Crippen molar-refractivity contribution >= 4 is 21.6 Å². The molecule has 1 aromatic heterocycles. The number of aromatic nitrogens is 1. The van der Waals surface area contributed by atoms with Gasteiger partial charge in [-0.3, -0.25) is 0 Å². The molecule has 1 aliphatic heterocycles. The third-order valence-corrected chi connectivity index (χ3v) is 5.34. The molecule has 0 aliphatic carbocycles. The van der Waals surface area contributed by atoms with E-state index in [4.69, 9.17) is 11.6 Å². The first-order valence-electron chi connectivity index (χ1n) is 5.96. The summed E-state index contributed by atoms with van der Waals surface area (Å²) in [5, 5.41) is 0. The summed E-state index contributed by atoms with van der Waals surface area (Å²) < 4.78 is 26.4. The number of H-pyrrole nitrogens is 1. The van der Waals surface area contributed by atoms with Crippen LogP contribution in [0.5, 0.6) is 0 Å². The summed E-state index contributed by atoms with van der Waals surface area (Å²) in [6, 6.07) is 1.61. The van der Waals surface area contributed by atoms with Gasteiger partial charge in [-0.05, 0) is 26.1 Å². The number of halogens is 1. The molecular formula is C11H18ClN3O2S. The van der Waals surface area contributed by atoms with Crippen LogP contribution in [-0.4, -0.2) is 55.8 Å². The maximum atomic E-state index is 12.4. The second-order valence-electron chi connectivity index (χ2n) is 4.56. The van der Waals surface area contributed by atoms with Gasteiger partial charge >= 0.3 is 0 Å². The number of alkyl halides is 1. The van der Waals surface area contributed by atoms with Crippen LogP contribution in [0.4, 0.5) is 0 Å². The van der Waals surface area contributed by atoms with Crippen LogP contribution in [0, 0.1) is 0 Å². The number of nitrogens with zero attached hydrogens (tertiary/aromatic N) is 2. The third kappa shape index (κ3) is 2.88. The van der Waals surface area contributed by atoms with Crippen molar-refractivity contribution in [1.29, 1.82) is 0 Å². The van der Waals surface area contributed by atoms with E-state index >= 15 is 0 Å².